The molecule has 0 bridgehead atoms. The topological polar surface area (TPSA) is 203 Å². The molecule has 0 heterocycles. The van der Waals surface area contributed by atoms with E-state index in [1.165, 1.54) is 6.92 Å². The van der Waals surface area contributed by atoms with E-state index in [1.54, 1.807) is 70.2 Å². The maximum absolute atomic E-state index is 15.1. The lowest BCUT2D eigenvalue weighted by atomic mass is 9.72. The summed E-state index contributed by atoms with van der Waals surface area (Å²) in [7, 11) is 0. The molecule has 2 unspecified atom stereocenters. The Hall–Kier alpha value is -4.62. The van der Waals surface area contributed by atoms with Crippen LogP contribution in [0.3, 0.4) is 0 Å². The highest BCUT2D eigenvalue weighted by molar-refractivity contribution is 6.41. The Balaban J connectivity index is 2.30. The summed E-state index contributed by atoms with van der Waals surface area (Å²) in [6.07, 6.45) is 1.97. The quantitative estimate of drug-likeness (QED) is 0.0949. The highest BCUT2D eigenvalue weighted by Crippen LogP contribution is 2.42. The van der Waals surface area contributed by atoms with Gasteiger partial charge >= 0.3 is 18.0 Å². The third kappa shape index (κ3) is 13.3. The maximum Gasteiger partial charge on any atom is 0.411 e. The minimum absolute atomic E-state index is 0.0564. The first kappa shape index (κ1) is 45.8. The van der Waals surface area contributed by atoms with Crippen LogP contribution in [0.4, 0.5) is 4.79 Å². The monoisotopic (exact) mass is 779 g/mol. The second kappa shape index (κ2) is 21.6. The number of carbonyl (C=O) groups excluding carboxylic acids is 5. The van der Waals surface area contributed by atoms with Crippen LogP contribution in [-0.2, 0) is 40.1 Å². The van der Waals surface area contributed by atoms with Gasteiger partial charge in [-0.3, -0.25) is 24.1 Å². The van der Waals surface area contributed by atoms with Gasteiger partial charge in [-0.15, -0.1) is 0 Å². The van der Waals surface area contributed by atoms with E-state index < -0.39 is 89.6 Å². The number of hydrogen-bond donors (Lipinski definition) is 4. The number of rotatable bonds is 20. The van der Waals surface area contributed by atoms with Crippen molar-refractivity contribution in [2.75, 3.05) is 0 Å². The predicted octanol–water partition coefficient (Wildman–Crippen LogP) is 5.70. The van der Waals surface area contributed by atoms with Crippen molar-refractivity contribution in [1.29, 1.82) is 0 Å². The molecule has 13 nitrogen and oxygen atoms in total. The number of aliphatic carboxylic acids is 1. The highest BCUT2D eigenvalue weighted by atomic mass is 16.6. The zero-order chi connectivity index (χ0) is 41.6. The molecular formula is C43H61N3O10. The SMILES string of the molecule is CCCC[C@H](C)[C@H](O)C(C(=O)C(=O)[C@@H](N)CC(=O)O)N(C(=O)OC(C)(C)C)[C@@H](C(=O)N[C@H](C)C(=O)OCc1ccccc1)C(c1ccccc1)C1CCCCC1. The van der Waals surface area contributed by atoms with Crippen LogP contribution < -0.4 is 11.1 Å². The summed E-state index contributed by atoms with van der Waals surface area (Å²) >= 11 is 0. The second-order valence-electron chi connectivity index (χ2n) is 16.0. The van der Waals surface area contributed by atoms with Crippen molar-refractivity contribution in [2.24, 2.45) is 17.6 Å². The Bertz CT molecular complexity index is 1610. The van der Waals surface area contributed by atoms with Crippen molar-refractivity contribution in [1.82, 2.24) is 10.2 Å². The first-order valence-electron chi connectivity index (χ1n) is 19.8. The number of nitrogens with two attached hydrogens (primary N) is 1. The van der Waals surface area contributed by atoms with Crippen LogP contribution in [0, 0.1) is 11.8 Å². The number of ketones is 2. The fourth-order valence-electron chi connectivity index (χ4n) is 7.33. The van der Waals surface area contributed by atoms with E-state index in [4.69, 9.17) is 15.2 Å². The van der Waals surface area contributed by atoms with E-state index >= 15 is 4.79 Å². The number of carboxylic acid groups (broad SMARTS) is 1. The van der Waals surface area contributed by atoms with Crippen LogP contribution in [0.5, 0.6) is 0 Å². The molecule has 1 saturated carbocycles. The molecule has 0 aromatic heterocycles. The van der Waals surface area contributed by atoms with Crippen molar-refractivity contribution in [3.05, 3.63) is 71.8 Å². The van der Waals surface area contributed by atoms with Crippen molar-refractivity contribution < 1.29 is 48.5 Å². The number of aliphatic hydroxyl groups excluding tert-OH is 1. The number of benzene rings is 2. The largest absolute Gasteiger partial charge is 0.481 e. The minimum atomic E-state index is -2.02. The number of amides is 2. The van der Waals surface area contributed by atoms with Gasteiger partial charge in [0.15, 0.2) is 0 Å². The fourth-order valence-corrected chi connectivity index (χ4v) is 7.33. The molecule has 0 aliphatic heterocycles. The van der Waals surface area contributed by atoms with Crippen molar-refractivity contribution >= 4 is 35.5 Å². The molecule has 1 fully saturated rings. The van der Waals surface area contributed by atoms with Crippen molar-refractivity contribution in [2.45, 2.75) is 148 Å². The van der Waals surface area contributed by atoms with Gasteiger partial charge in [0.2, 0.25) is 17.5 Å². The van der Waals surface area contributed by atoms with E-state index in [-0.39, 0.29) is 12.5 Å². The summed E-state index contributed by atoms with van der Waals surface area (Å²) in [6, 6.07) is 11.4. The van der Waals surface area contributed by atoms with Gasteiger partial charge in [0.1, 0.15) is 30.3 Å². The number of aliphatic hydroxyl groups is 1. The number of nitrogens with one attached hydrogen (secondary N) is 1. The number of hydrogen-bond acceptors (Lipinski definition) is 10. The zero-order valence-electron chi connectivity index (χ0n) is 33.6. The van der Waals surface area contributed by atoms with Gasteiger partial charge in [0.05, 0.1) is 18.6 Å². The number of ether oxygens (including phenoxy) is 2. The molecule has 3 rings (SSSR count). The summed E-state index contributed by atoms with van der Waals surface area (Å²) in [5.74, 6) is -7.39. The molecule has 1 aliphatic carbocycles. The molecule has 13 heteroatoms. The van der Waals surface area contributed by atoms with E-state index in [2.05, 4.69) is 5.32 Å². The first-order valence-corrected chi connectivity index (χ1v) is 19.8. The summed E-state index contributed by atoms with van der Waals surface area (Å²) in [5, 5.41) is 24.3. The van der Waals surface area contributed by atoms with E-state index in [0.717, 1.165) is 36.1 Å². The standard InChI is InChI=1S/C43H61N3O10/c1-7-8-18-27(2)37(49)36(39(51)38(50)32(44)25-33(47)48)46(42(54)56-43(4,5)6)35(34(30-21-14-10-15-22-30)31-23-16-11-17-24-31)40(52)45-28(3)41(53)55-26-29-19-12-9-13-20-29/h9-10,12-15,19-22,27-28,31-32,34-37,49H,7-8,11,16-18,23-26,44H2,1-6H3,(H,45,52)(H,47,48)/t27-,28+,32-,34?,35+,36?,37-/m0/s1. The van der Waals surface area contributed by atoms with Gasteiger partial charge in [-0.05, 0) is 69.9 Å². The summed E-state index contributed by atoms with van der Waals surface area (Å²) in [6.45, 7) is 9.81. The van der Waals surface area contributed by atoms with E-state index in [9.17, 15) is 34.2 Å². The van der Waals surface area contributed by atoms with Gasteiger partial charge in [-0.2, -0.15) is 0 Å². The van der Waals surface area contributed by atoms with Gasteiger partial charge in [-0.1, -0.05) is 107 Å². The number of carboxylic acids is 1. The average Bonchev–Trinajstić information content (AvgIpc) is 3.16. The molecular weight excluding hydrogens is 718 g/mol. The lowest BCUT2D eigenvalue weighted by molar-refractivity contribution is -0.151. The number of esters is 1. The Labute approximate surface area is 330 Å². The van der Waals surface area contributed by atoms with Crippen LogP contribution in [-0.4, -0.2) is 86.5 Å². The van der Waals surface area contributed by atoms with Crippen LogP contribution >= 0.6 is 0 Å². The normalized spacial score (nSPS) is 17.2. The Morgan fingerprint density at radius 1 is 0.893 bits per heavy atom. The van der Waals surface area contributed by atoms with E-state index in [0.29, 0.717) is 31.2 Å². The number of carbonyl (C=O) groups is 6. The van der Waals surface area contributed by atoms with Crippen LogP contribution in [0.15, 0.2) is 60.7 Å². The van der Waals surface area contributed by atoms with Crippen molar-refractivity contribution in [3.63, 3.8) is 0 Å². The third-order valence-electron chi connectivity index (χ3n) is 10.3. The molecule has 0 saturated heterocycles. The fraction of sp³-hybridized carbons (Fsp3) is 0.581. The molecule has 2 amide bonds. The molecule has 1 aliphatic rings. The number of unbranched alkanes of at least 4 members (excludes halogenated alkanes) is 1. The number of nitrogens with zero attached hydrogens (tertiary/aromatic N) is 1. The van der Waals surface area contributed by atoms with Gasteiger partial charge in [0, 0.05) is 5.92 Å². The molecule has 7 atom stereocenters. The van der Waals surface area contributed by atoms with Gasteiger partial charge in [-0.25, -0.2) is 9.59 Å². The molecule has 2 aromatic rings. The molecule has 0 spiro atoms. The average molecular weight is 780 g/mol. The lowest BCUT2D eigenvalue weighted by Gasteiger charge is -2.45. The summed E-state index contributed by atoms with van der Waals surface area (Å²) in [4.78, 5) is 84.1. The van der Waals surface area contributed by atoms with Crippen LogP contribution in [0.2, 0.25) is 0 Å². The van der Waals surface area contributed by atoms with Gasteiger partial charge in [0.25, 0.3) is 0 Å². The molecule has 308 valence electrons. The summed E-state index contributed by atoms with van der Waals surface area (Å²) < 4.78 is 11.4. The minimum Gasteiger partial charge on any atom is -0.481 e. The van der Waals surface area contributed by atoms with E-state index in [1.807, 2.05) is 25.1 Å². The Morgan fingerprint density at radius 3 is 2.04 bits per heavy atom. The first-order chi connectivity index (χ1) is 26.5. The zero-order valence-corrected chi connectivity index (χ0v) is 33.6. The van der Waals surface area contributed by atoms with Crippen molar-refractivity contribution in [3.8, 4) is 0 Å². The highest BCUT2D eigenvalue weighted by Gasteiger charge is 2.52. The molecule has 2 aromatic carbocycles. The summed E-state index contributed by atoms with van der Waals surface area (Å²) in [5.41, 5.74) is 6.18. The molecule has 56 heavy (non-hydrogen) atoms. The van der Waals surface area contributed by atoms with Crippen LogP contribution in [0.1, 0.15) is 116 Å². The Morgan fingerprint density at radius 2 is 1.48 bits per heavy atom. The van der Waals surface area contributed by atoms with Crippen LogP contribution in [0.25, 0.3) is 0 Å². The lowest BCUT2D eigenvalue weighted by Crippen LogP contribution is -2.66. The number of Topliss-reactive ketones (excluding diaryl/α,β-unsaturated/α-hetero) is 2. The third-order valence-corrected chi connectivity index (χ3v) is 10.3. The molecule has 0 radical (unpaired) electrons. The smallest absolute Gasteiger partial charge is 0.411 e. The predicted molar refractivity (Wildman–Crippen MR) is 210 cm³/mol. The molecule has 5 N–H and O–H groups in total. The second-order valence-corrected chi connectivity index (χ2v) is 16.0. The van der Waals surface area contributed by atoms with Gasteiger partial charge < -0.3 is 30.7 Å². The maximum atomic E-state index is 15.1. The Kier molecular flexibility index (Phi) is 17.7.